The smallest absolute Gasteiger partial charge is 0.253 e. The molecular weight excluding hydrogens is 178 g/mol. The molecule has 0 radical (unpaired) electrons. The summed E-state index contributed by atoms with van der Waals surface area (Å²) in [4.78, 5) is 19.1. The summed E-state index contributed by atoms with van der Waals surface area (Å²) in [6, 6.07) is 5.19. The van der Waals surface area contributed by atoms with Gasteiger partial charge in [0.2, 0.25) is 0 Å². The molecule has 4 nitrogen and oxygen atoms in total. The van der Waals surface area contributed by atoms with Crippen LogP contribution < -0.4 is 5.56 Å². The SMILES string of the molecule is O=c1ccncn1Cc1ccncc1. The maximum atomic E-state index is 11.3. The van der Waals surface area contributed by atoms with Gasteiger partial charge in [-0.15, -0.1) is 0 Å². The van der Waals surface area contributed by atoms with Crippen molar-refractivity contribution in [2.45, 2.75) is 6.54 Å². The van der Waals surface area contributed by atoms with Crippen LogP contribution in [0.2, 0.25) is 0 Å². The Morgan fingerprint density at radius 3 is 2.50 bits per heavy atom. The normalized spacial score (nSPS) is 10.0. The van der Waals surface area contributed by atoms with E-state index in [0.29, 0.717) is 6.54 Å². The molecule has 0 aliphatic heterocycles. The quantitative estimate of drug-likeness (QED) is 0.694. The van der Waals surface area contributed by atoms with Crippen LogP contribution in [0.15, 0.2) is 47.9 Å². The van der Waals surface area contributed by atoms with Gasteiger partial charge >= 0.3 is 0 Å². The summed E-state index contributed by atoms with van der Waals surface area (Å²) in [7, 11) is 0. The molecule has 70 valence electrons. The van der Waals surface area contributed by atoms with Gasteiger partial charge < -0.3 is 0 Å². The van der Waals surface area contributed by atoms with Crippen molar-refractivity contribution in [2.75, 3.05) is 0 Å². The second-order valence-corrected chi connectivity index (χ2v) is 2.90. The Labute approximate surface area is 80.9 Å². The highest BCUT2D eigenvalue weighted by atomic mass is 16.1. The topological polar surface area (TPSA) is 47.8 Å². The predicted molar refractivity (Wildman–Crippen MR) is 51.8 cm³/mol. The molecular formula is C10H9N3O. The highest BCUT2D eigenvalue weighted by Crippen LogP contribution is 1.97. The third kappa shape index (κ3) is 1.85. The van der Waals surface area contributed by atoms with Gasteiger partial charge in [-0.3, -0.25) is 14.3 Å². The lowest BCUT2D eigenvalue weighted by Gasteiger charge is -2.02. The van der Waals surface area contributed by atoms with E-state index in [-0.39, 0.29) is 5.56 Å². The van der Waals surface area contributed by atoms with Crippen molar-refractivity contribution in [2.24, 2.45) is 0 Å². The average molecular weight is 187 g/mol. The fraction of sp³-hybridized carbons (Fsp3) is 0.100. The first-order valence-electron chi connectivity index (χ1n) is 4.25. The van der Waals surface area contributed by atoms with E-state index >= 15 is 0 Å². The summed E-state index contributed by atoms with van der Waals surface area (Å²) >= 11 is 0. The lowest BCUT2D eigenvalue weighted by atomic mass is 10.3. The van der Waals surface area contributed by atoms with Gasteiger partial charge in [0.25, 0.3) is 5.56 Å². The second kappa shape index (κ2) is 3.83. The standard InChI is InChI=1S/C10H9N3O/c14-10-3-6-12-8-13(10)7-9-1-4-11-5-2-9/h1-6,8H,7H2. The van der Waals surface area contributed by atoms with E-state index in [4.69, 9.17) is 0 Å². The van der Waals surface area contributed by atoms with Crippen LogP contribution >= 0.6 is 0 Å². The zero-order valence-corrected chi connectivity index (χ0v) is 7.50. The Balaban J connectivity index is 2.28. The minimum atomic E-state index is -0.0446. The molecule has 0 saturated carbocycles. The van der Waals surface area contributed by atoms with Crippen LogP contribution in [0.25, 0.3) is 0 Å². The third-order valence-electron chi connectivity index (χ3n) is 1.89. The molecule has 2 rings (SSSR count). The maximum Gasteiger partial charge on any atom is 0.253 e. The first kappa shape index (κ1) is 8.62. The second-order valence-electron chi connectivity index (χ2n) is 2.90. The van der Waals surface area contributed by atoms with Gasteiger partial charge in [0, 0.05) is 24.7 Å². The lowest BCUT2D eigenvalue weighted by molar-refractivity contribution is 0.735. The summed E-state index contributed by atoms with van der Waals surface area (Å²) < 4.78 is 1.55. The van der Waals surface area contributed by atoms with E-state index in [9.17, 15) is 4.79 Å². The molecule has 0 N–H and O–H groups in total. The van der Waals surface area contributed by atoms with Crippen molar-refractivity contribution in [3.8, 4) is 0 Å². The number of nitrogens with zero attached hydrogens (tertiary/aromatic N) is 3. The van der Waals surface area contributed by atoms with Gasteiger partial charge in [0.15, 0.2) is 0 Å². The van der Waals surface area contributed by atoms with Crippen LogP contribution in [0.3, 0.4) is 0 Å². The predicted octanol–water partition coefficient (Wildman–Crippen LogP) is 0.687. The first-order chi connectivity index (χ1) is 6.86. The summed E-state index contributed by atoms with van der Waals surface area (Å²) in [5, 5.41) is 0. The van der Waals surface area contributed by atoms with Gasteiger partial charge in [-0.25, -0.2) is 4.98 Å². The molecule has 4 heteroatoms. The van der Waals surface area contributed by atoms with Crippen molar-refractivity contribution >= 4 is 0 Å². The van der Waals surface area contributed by atoms with Crippen LogP contribution in [-0.2, 0) is 6.54 Å². The molecule has 14 heavy (non-hydrogen) atoms. The molecule has 0 atom stereocenters. The highest BCUT2D eigenvalue weighted by molar-refractivity contribution is 5.10. The minimum absolute atomic E-state index is 0.0446. The first-order valence-corrected chi connectivity index (χ1v) is 4.25. The molecule has 0 bridgehead atoms. The number of aromatic nitrogens is 3. The Morgan fingerprint density at radius 1 is 1.07 bits per heavy atom. The zero-order chi connectivity index (χ0) is 9.80. The number of hydrogen-bond acceptors (Lipinski definition) is 3. The molecule has 0 spiro atoms. The Kier molecular flexibility index (Phi) is 2.36. The van der Waals surface area contributed by atoms with E-state index in [1.54, 1.807) is 17.0 Å². The van der Waals surface area contributed by atoms with Gasteiger partial charge in [0.05, 0.1) is 12.9 Å². The number of rotatable bonds is 2. The van der Waals surface area contributed by atoms with E-state index in [2.05, 4.69) is 9.97 Å². The average Bonchev–Trinajstić information content (AvgIpc) is 2.23. The number of pyridine rings is 1. The highest BCUT2D eigenvalue weighted by Gasteiger charge is 1.95. The molecule has 2 aromatic rings. The molecule has 0 aliphatic rings. The Bertz CT molecular complexity index is 464. The van der Waals surface area contributed by atoms with Crippen molar-refractivity contribution in [1.29, 1.82) is 0 Å². The molecule has 0 unspecified atom stereocenters. The Hall–Kier alpha value is -1.97. The van der Waals surface area contributed by atoms with E-state index < -0.39 is 0 Å². The van der Waals surface area contributed by atoms with Crippen LogP contribution in [0.1, 0.15) is 5.56 Å². The van der Waals surface area contributed by atoms with E-state index in [0.717, 1.165) is 5.56 Å². The molecule has 0 fully saturated rings. The molecule has 2 aromatic heterocycles. The summed E-state index contributed by atoms with van der Waals surface area (Å²) in [5.74, 6) is 0. The van der Waals surface area contributed by atoms with Crippen molar-refractivity contribution in [1.82, 2.24) is 14.5 Å². The van der Waals surface area contributed by atoms with Crippen LogP contribution in [-0.4, -0.2) is 14.5 Å². The van der Waals surface area contributed by atoms with Crippen molar-refractivity contribution in [3.63, 3.8) is 0 Å². The zero-order valence-electron chi connectivity index (χ0n) is 7.50. The van der Waals surface area contributed by atoms with Gasteiger partial charge in [-0.05, 0) is 17.7 Å². The van der Waals surface area contributed by atoms with Crippen molar-refractivity contribution in [3.05, 3.63) is 59.0 Å². The largest absolute Gasteiger partial charge is 0.295 e. The van der Waals surface area contributed by atoms with Crippen LogP contribution in [0.5, 0.6) is 0 Å². The van der Waals surface area contributed by atoms with Gasteiger partial charge in [-0.1, -0.05) is 0 Å². The lowest BCUT2D eigenvalue weighted by Crippen LogP contribution is -2.19. The molecule has 0 saturated heterocycles. The summed E-state index contributed by atoms with van der Waals surface area (Å²) in [6.45, 7) is 0.537. The molecule has 0 aliphatic carbocycles. The fourth-order valence-corrected chi connectivity index (χ4v) is 1.18. The summed E-state index contributed by atoms with van der Waals surface area (Å²) in [6.07, 6.45) is 6.43. The maximum absolute atomic E-state index is 11.3. The van der Waals surface area contributed by atoms with Gasteiger partial charge in [-0.2, -0.15) is 0 Å². The van der Waals surface area contributed by atoms with E-state index in [1.165, 1.54) is 18.6 Å². The van der Waals surface area contributed by atoms with Crippen LogP contribution in [0.4, 0.5) is 0 Å². The monoisotopic (exact) mass is 187 g/mol. The Morgan fingerprint density at radius 2 is 1.79 bits per heavy atom. The minimum Gasteiger partial charge on any atom is -0.295 e. The molecule has 0 aromatic carbocycles. The van der Waals surface area contributed by atoms with Gasteiger partial charge in [0.1, 0.15) is 0 Å². The van der Waals surface area contributed by atoms with Crippen LogP contribution in [0, 0.1) is 0 Å². The van der Waals surface area contributed by atoms with E-state index in [1.807, 2.05) is 12.1 Å². The molecule has 0 amide bonds. The third-order valence-corrected chi connectivity index (χ3v) is 1.89. The fourth-order valence-electron chi connectivity index (χ4n) is 1.18. The summed E-state index contributed by atoms with van der Waals surface area (Å²) in [5.41, 5.74) is 0.993. The molecule has 2 heterocycles. The number of hydrogen-bond donors (Lipinski definition) is 0. The van der Waals surface area contributed by atoms with Crippen molar-refractivity contribution < 1.29 is 0 Å².